The molecule has 0 radical (unpaired) electrons. The van der Waals surface area contributed by atoms with Gasteiger partial charge in [-0.3, -0.25) is 0 Å². The molecule has 0 heteroatoms. The normalized spacial score (nSPS) is 28.9. The third-order valence-corrected chi connectivity index (χ3v) is 4.27. The minimum Gasteiger partial charge on any atom is -0.0683 e. The van der Waals surface area contributed by atoms with Crippen LogP contribution >= 0.6 is 0 Å². The van der Waals surface area contributed by atoms with Crippen molar-refractivity contribution >= 4 is 0 Å². The fourth-order valence-electron chi connectivity index (χ4n) is 3.76. The van der Waals surface area contributed by atoms with E-state index < -0.39 is 0 Å². The van der Waals surface area contributed by atoms with E-state index in [0.717, 1.165) is 17.8 Å². The van der Waals surface area contributed by atoms with E-state index in [0.29, 0.717) is 10.8 Å². The summed E-state index contributed by atoms with van der Waals surface area (Å²) in [5, 5.41) is 0. The van der Waals surface area contributed by atoms with Crippen molar-refractivity contribution < 1.29 is 0 Å². The molecule has 0 spiro atoms. The Morgan fingerprint density at radius 1 is 1.06 bits per heavy atom. The van der Waals surface area contributed by atoms with E-state index in [2.05, 4.69) is 48.5 Å². The summed E-state index contributed by atoms with van der Waals surface area (Å²) in [7, 11) is 0. The van der Waals surface area contributed by atoms with Gasteiger partial charge in [0.05, 0.1) is 0 Å². The van der Waals surface area contributed by atoms with Gasteiger partial charge in [-0.25, -0.2) is 0 Å². The lowest BCUT2D eigenvalue weighted by Crippen LogP contribution is -2.33. The molecule has 2 atom stereocenters. The molecule has 0 aliphatic heterocycles. The zero-order valence-electron chi connectivity index (χ0n) is 13.1. The molecule has 0 aromatic heterocycles. The lowest BCUT2D eigenvalue weighted by molar-refractivity contribution is 0.0881. The van der Waals surface area contributed by atoms with Gasteiger partial charge in [-0.05, 0) is 41.4 Å². The van der Waals surface area contributed by atoms with Gasteiger partial charge in [0.2, 0.25) is 0 Å². The van der Waals surface area contributed by atoms with E-state index in [1.165, 1.54) is 12.8 Å². The Morgan fingerprint density at radius 2 is 1.50 bits per heavy atom. The second kappa shape index (κ2) is 5.56. The number of rotatable bonds is 1. The third kappa shape index (κ3) is 3.50. The summed E-state index contributed by atoms with van der Waals surface area (Å²) in [6, 6.07) is 0. The average molecular weight is 226 g/mol. The van der Waals surface area contributed by atoms with E-state index in [1.54, 1.807) is 0 Å². The molecule has 0 nitrogen and oxygen atoms in total. The van der Waals surface area contributed by atoms with Crippen LogP contribution in [0.4, 0.5) is 0 Å². The quantitative estimate of drug-likeness (QED) is 0.532. The van der Waals surface area contributed by atoms with Gasteiger partial charge in [-0.15, -0.1) is 0 Å². The number of hydrogen-bond acceptors (Lipinski definition) is 0. The van der Waals surface area contributed by atoms with Crippen LogP contribution in [-0.4, -0.2) is 0 Å². The lowest BCUT2D eigenvalue weighted by Gasteiger charge is -2.40. The summed E-state index contributed by atoms with van der Waals surface area (Å²) >= 11 is 0. The largest absolute Gasteiger partial charge is 0.0683 e. The molecule has 1 aliphatic rings. The maximum Gasteiger partial charge on any atom is -0.0306 e. The fraction of sp³-hybridized carbons (Fsp3) is 1.00. The Bertz CT molecular complexity index is 193. The molecule has 98 valence electrons. The first kappa shape index (κ1) is 16.0. The molecule has 0 aromatic rings. The average Bonchev–Trinajstić information content (AvgIpc) is 2.43. The second-order valence-electron chi connectivity index (χ2n) is 7.27. The third-order valence-electron chi connectivity index (χ3n) is 4.27. The van der Waals surface area contributed by atoms with E-state index in [1.807, 2.05) is 13.8 Å². The van der Waals surface area contributed by atoms with Gasteiger partial charge in [-0.1, -0.05) is 62.3 Å². The molecule has 1 fully saturated rings. The first-order valence-electron chi connectivity index (χ1n) is 7.16. The molecule has 1 aliphatic carbocycles. The maximum atomic E-state index is 2.46. The summed E-state index contributed by atoms with van der Waals surface area (Å²) in [6.45, 7) is 21.0. The molecule has 0 heterocycles. The summed E-state index contributed by atoms with van der Waals surface area (Å²) in [6.07, 6.45) is 2.84. The Hall–Kier alpha value is 0. The van der Waals surface area contributed by atoms with Crippen LogP contribution in [-0.2, 0) is 0 Å². The standard InChI is InChI=1S/C14H28.C2H6/c1-10(2)12-11(13(3,4)5)8-9-14(12,6)7;1-2/h10-12H,8-9H2,1-7H3;1-2H3/t11-,12?;/m0./s1. The summed E-state index contributed by atoms with van der Waals surface area (Å²) in [4.78, 5) is 0. The van der Waals surface area contributed by atoms with Crippen molar-refractivity contribution in [2.24, 2.45) is 28.6 Å². The molecule has 0 saturated heterocycles. The molecule has 16 heavy (non-hydrogen) atoms. The Labute approximate surface area is 104 Å². The molecule has 0 bridgehead atoms. The minimum absolute atomic E-state index is 0.489. The smallest absolute Gasteiger partial charge is 0.0306 e. The van der Waals surface area contributed by atoms with E-state index in [4.69, 9.17) is 0 Å². The SMILES string of the molecule is CC.CC(C)C1[C@@H](C(C)(C)C)CCC1(C)C. The number of hydrogen-bond donors (Lipinski definition) is 0. The molecule has 1 rings (SSSR count). The highest BCUT2D eigenvalue weighted by molar-refractivity contribution is 4.96. The second-order valence-corrected chi connectivity index (χ2v) is 7.27. The Kier molecular flexibility index (Phi) is 5.56. The van der Waals surface area contributed by atoms with Crippen molar-refractivity contribution in [1.29, 1.82) is 0 Å². The highest BCUT2D eigenvalue weighted by Crippen LogP contribution is 2.55. The lowest BCUT2D eigenvalue weighted by atomic mass is 9.65. The van der Waals surface area contributed by atoms with Crippen molar-refractivity contribution in [3.05, 3.63) is 0 Å². The zero-order chi connectivity index (χ0) is 13.1. The van der Waals surface area contributed by atoms with Crippen LogP contribution in [0.1, 0.15) is 75.2 Å². The van der Waals surface area contributed by atoms with Crippen molar-refractivity contribution in [2.45, 2.75) is 75.2 Å². The van der Waals surface area contributed by atoms with Crippen molar-refractivity contribution in [3.8, 4) is 0 Å². The van der Waals surface area contributed by atoms with Crippen LogP contribution in [0.15, 0.2) is 0 Å². The van der Waals surface area contributed by atoms with Gasteiger partial charge in [0.1, 0.15) is 0 Å². The zero-order valence-corrected chi connectivity index (χ0v) is 13.1. The van der Waals surface area contributed by atoms with Crippen LogP contribution in [0.5, 0.6) is 0 Å². The molecular formula is C16H34. The first-order chi connectivity index (χ1) is 7.16. The fourth-order valence-corrected chi connectivity index (χ4v) is 3.76. The van der Waals surface area contributed by atoms with Gasteiger partial charge < -0.3 is 0 Å². The molecule has 0 aromatic carbocycles. The van der Waals surface area contributed by atoms with Gasteiger partial charge >= 0.3 is 0 Å². The molecule has 0 amide bonds. The Morgan fingerprint density at radius 3 is 1.75 bits per heavy atom. The molecule has 1 saturated carbocycles. The summed E-state index contributed by atoms with van der Waals surface area (Å²) < 4.78 is 0. The van der Waals surface area contributed by atoms with Gasteiger partial charge in [0, 0.05) is 0 Å². The topological polar surface area (TPSA) is 0 Å². The first-order valence-corrected chi connectivity index (χ1v) is 7.16. The minimum atomic E-state index is 0.489. The van der Waals surface area contributed by atoms with Gasteiger partial charge in [0.15, 0.2) is 0 Å². The van der Waals surface area contributed by atoms with Crippen molar-refractivity contribution in [3.63, 3.8) is 0 Å². The summed E-state index contributed by atoms with van der Waals surface area (Å²) in [5.41, 5.74) is 1.05. The highest BCUT2D eigenvalue weighted by atomic mass is 14.5. The van der Waals surface area contributed by atoms with Gasteiger partial charge in [0.25, 0.3) is 0 Å². The van der Waals surface area contributed by atoms with Crippen LogP contribution in [0, 0.1) is 28.6 Å². The van der Waals surface area contributed by atoms with Crippen molar-refractivity contribution in [2.75, 3.05) is 0 Å². The van der Waals surface area contributed by atoms with Crippen molar-refractivity contribution in [1.82, 2.24) is 0 Å². The predicted octanol–water partition coefficient (Wildman–Crippen LogP) is 5.77. The monoisotopic (exact) mass is 226 g/mol. The van der Waals surface area contributed by atoms with Gasteiger partial charge in [-0.2, -0.15) is 0 Å². The maximum absolute atomic E-state index is 2.46. The molecule has 1 unspecified atom stereocenters. The van der Waals surface area contributed by atoms with E-state index in [-0.39, 0.29) is 0 Å². The van der Waals surface area contributed by atoms with E-state index >= 15 is 0 Å². The predicted molar refractivity (Wildman–Crippen MR) is 75.6 cm³/mol. The molecular weight excluding hydrogens is 192 g/mol. The van der Waals surface area contributed by atoms with Crippen LogP contribution in [0.25, 0.3) is 0 Å². The van der Waals surface area contributed by atoms with Crippen LogP contribution in [0.2, 0.25) is 0 Å². The summed E-state index contributed by atoms with van der Waals surface area (Å²) in [5.74, 6) is 2.65. The van der Waals surface area contributed by atoms with E-state index in [9.17, 15) is 0 Å². The Balaban J connectivity index is 0.00000106. The van der Waals surface area contributed by atoms with Crippen LogP contribution < -0.4 is 0 Å². The molecule has 0 N–H and O–H groups in total. The van der Waals surface area contributed by atoms with Crippen LogP contribution in [0.3, 0.4) is 0 Å². The highest BCUT2D eigenvalue weighted by Gasteiger charge is 2.47.